The Hall–Kier alpha value is -2.27. The van der Waals surface area contributed by atoms with E-state index in [0.717, 1.165) is 0 Å². The summed E-state index contributed by atoms with van der Waals surface area (Å²) in [7, 11) is 1.36. The van der Waals surface area contributed by atoms with Gasteiger partial charge in [-0.05, 0) is 31.2 Å². The summed E-state index contributed by atoms with van der Waals surface area (Å²) in [5.41, 5.74) is -3.99. The van der Waals surface area contributed by atoms with E-state index in [-0.39, 0.29) is 16.3 Å². The molecule has 25 heavy (non-hydrogen) atoms. The quantitative estimate of drug-likeness (QED) is 0.830. The van der Waals surface area contributed by atoms with E-state index in [1.807, 2.05) is 0 Å². The van der Waals surface area contributed by atoms with E-state index in [2.05, 4.69) is 9.84 Å². The van der Waals surface area contributed by atoms with Crippen LogP contribution in [0.5, 0.6) is 5.75 Å². The summed E-state index contributed by atoms with van der Waals surface area (Å²) in [5.74, 6) is -0.869. The first-order chi connectivity index (χ1) is 11.4. The number of carbonyl (C=O) groups excluding carboxylic acids is 1. The standard InChI is InChI=1S/C14H13F5N2O4/c1-8-7-12(23,13(15,16)25-14(17,18)19)21(20-8)11(22)9-3-5-10(24-2)6-4-9/h3-6,23H,7H2,1-2H3/t12-/m1/s1. The van der Waals surface area contributed by atoms with Crippen LogP contribution < -0.4 is 4.74 Å². The number of amides is 1. The molecule has 6 nitrogen and oxygen atoms in total. The zero-order valence-corrected chi connectivity index (χ0v) is 13.0. The lowest BCUT2D eigenvalue weighted by Crippen LogP contribution is -2.61. The Morgan fingerprint density at radius 3 is 2.28 bits per heavy atom. The molecule has 1 N–H and O–H groups in total. The van der Waals surface area contributed by atoms with Crippen LogP contribution in [0, 0.1) is 0 Å². The molecule has 0 aliphatic carbocycles. The summed E-state index contributed by atoms with van der Waals surface area (Å²) in [5, 5.41) is 13.5. The summed E-state index contributed by atoms with van der Waals surface area (Å²) in [6.07, 6.45) is -11.9. The minimum atomic E-state index is -5.73. The van der Waals surface area contributed by atoms with E-state index >= 15 is 0 Å². The second-order valence-electron chi connectivity index (χ2n) is 5.24. The lowest BCUT2D eigenvalue weighted by molar-refractivity contribution is -0.468. The smallest absolute Gasteiger partial charge is 0.497 e. The van der Waals surface area contributed by atoms with Gasteiger partial charge >= 0.3 is 12.5 Å². The first-order valence-corrected chi connectivity index (χ1v) is 6.79. The van der Waals surface area contributed by atoms with Gasteiger partial charge in [-0.25, -0.2) is 4.74 Å². The van der Waals surface area contributed by atoms with Crippen molar-refractivity contribution in [3.63, 3.8) is 0 Å². The molecule has 138 valence electrons. The number of rotatable bonds is 4. The summed E-state index contributed by atoms with van der Waals surface area (Å²) < 4.78 is 72.2. The summed E-state index contributed by atoms with van der Waals surface area (Å²) in [6, 6.07) is 5.05. The largest absolute Gasteiger partial charge is 0.527 e. The number of ether oxygens (including phenoxy) is 2. The normalized spacial score (nSPS) is 21.3. The zero-order valence-electron chi connectivity index (χ0n) is 13.0. The fourth-order valence-electron chi connectivity index (χ4n) is 2.24. The van der Waals surface area contributed by atoms with Crippen molar-refractivity contribution >= 4 is 11.6 Å². The van der Waals surface area contributed by atoms with Crippen molar-refractivity contribution in [2.45, 2.75) is 31.5 Å². The molecule has 11 heteroatoms. The molecule has 1 aromatic rings. The van der Waals surface area contributed by atoms with Gasteiger partial charge in [-0.2, -0.15) is 18.9 Å². The minimum Gasteiger partial charge on any atom is -0.497 e. The lowest BCUT2D eigenvalue weighted by atomic mass is 10.1. The number of hydrazone groups is 1. The van der Waals surface area contributed by atoms with Crippen molar-refractivity contribution in [1.82, 2.24) is 5.01 Å². The second kappa shape index (κ2) is 6.23. The van der Waals surface area contributed by atoms with Crippen LogP contribution >= 0.6 is 0 Å². The molecule has 0 aromatic heterocycles. The van der Waals surface area contributed by atoms with E-state index in [9.17, 15) is 31.9 Å². The number of hydrogen-bond acceptors (Lipinski definition) is 5. The maximum absolute atomic E-state index is 13.9. The minimum absolute atomic E-state index is 0.101. The van der Waals surface area contributed by atoms with Gasteiger partial charge in [-0.15, -0.1) is 13.2 Å². The molecule has 0 radical (unpaired) electrons. The van der Waals surface area contributed by atoms with Gasteiger partial charge < -0.3 is 9.84 Å². The molecular formula is C14H13F5N2O4. The van der Waals surface area contributed by atoms with Crippen LogP contribution in [0.25, 0.3) is 0 Å². The van der Waals surface area contributed by atoms with Crippen LogP contribution in [0.3, 0.4) is 0 Å². The van der Waals surface area contributed by atoms with E-state index in [1.54, 1.807) is 0 Å². The molecule has 0 spiro atoms. The van der Waals surface area contributed by atoms with Gasteiger partial charge in [0, 0.05) is 17.7 Å². The van der Waals surface area contributed by atoms with Crippen molar-refractivity contribution in [2.24, 2.45) is 5.10 Å². The zero-order chi connectivity index (χ0) is 19.0. The Morgan fingerprint density at radius 1 is 1.24 bits per heavy atom. The van der Waals surface area contributed by atoms with Gasteiger partial charge in [0.25, 0.3) is 11.6 Å². The molecular weight excluding hydrogens is 355 g/mol. The van der Waals surface area contributed by atoms with Gasteiger partial charge in [-0.3, -0.25) is 4.79 Å². The number of hydrogen-bond donors (Lipinski definition) is 1. The van der Waals surface area contributed by atoms with Crippen molar-refractivity contribution in [1.29, 1.82) is 0 Å². The highest BCUT2D eigenvalue weighted by molar-refractivity contribution is 5.98. The van der Waals surface area contributed by atoms with Crippen LogP contribution in [0.15, 0.2) is 29.4 Å². The number of benzene rings is 1. The number of halogens is 5. The molecule has 1 aliphatic rings. The molecule has 1 heterocycles. The predicted octanol–water partition coefficient (Wildman–Crippen LogP) is 2.73. The van der Waals surface area contributed by atoms with Gasteiger partial charge in [0.1, 0.15) is 5.75 Å². The van der Waals surface area contributed by atoms with Crippen LogP contribution in [0.2, 0.25) is 0 Å². The predicted molar refractivity (Wildman–Crippen MR) is 73.9 cm³/mol. The van der Waals surface area contributed by atoms with E-state index in [1.165, 1.54) is 38.3 Å². The fourth-order valence-corrected chi connectivity index (χ4v) is 2.24. The number of carbonyl (C=O) groups is 1. The third-order valence-electron chi connectivity index (χ3n) is 3.36. The Morgan fingerprint density at radius 2 is 1.80 bits per heavy atom. The summed E-state index contributed by atoms with van der Waals surface area (Å²) >= 11 is 0. The molecule has 1 aromatic carbocycles. The third-order valence-corrected chi connectivity index (χ3v) is 3.36. The monoisotopic (exact) mass is 368 g/mol. The molecule has 0 bridgehead atoms. The SMILES string of the molecule is COc1ccc(C(=O)N2N=C(C)C[C@@]2(O)C(F)(F)OC(F)(F)F)cc1. The molecule has 1 atom stereocenters. The Kier molecular flexibility index (Phi) is 4.75. The van der Waals surface area contributed by atoms with E-state index < -0.39 is 30.5 Å². The van der Waals surface area contributed by atoms with Crippen molar-refractivity contribution < 1.29 is 41.3 Å². The summed E-state index contributed by atoms with van der Waals surface area (Å²) in [6.45, 7) is 1.18. The highest BCUT2D eigenvalue weighted by Crippen LogP contribution is 2.43. The Bertz CT molecular complexity index is 689. The second-order valence-corrected chi connectivity index (χ2v) is 5.24. The Balaban J connectivity index is 2.37. The maximum Gasteiger partial charge on any atom is 0.527 e. The molecule has 0 saturated heterocycles. The molecule has 2 rings (SSSR count). The molecule has 0 unspecified atom stereocenters. The number of nitrogens with zero attached hydrogens (tertiary/aromatic N) is 2. The van der Waals surface area contributed by atoms with Gasteiger partial charge in [0.05, 0.1) is 7.11 Å². The van der Waals surface area contributed by atoms with Crippen LogP contribution in [0.1, 0.15) is 23.7 Å². The topological polar surface area (TPSA) is 71.4 Å². The highest BCUT2D eigenvalue weighted by atomic mass is 19.4. The molecule has 0 fully saturated rings. The third kappa shape index (κ3) is 3.71. The average Bonchev–Trinajstić information content (AvgIpc) is 2.81. The van der Waals surface area contributed by atoms with Gasteiger partial charge in [-0.1, -0.05) is 0 Å². The first kappa shape index (κ1) is 19.1. The lowest BCUT2D eigenvalue weighted by Gasteiger charge is -2.36. The highest BCUT2D eigenvalue weighted by Gasteiger charge is 2.66. The average molecular weight is 368 g/mol. The van der Waals surface area contributed by atoms with Crippen molar-refractivity contribution in [3.8, 4) is 5.75 Å². The van der Waals surface area contributed by atoms with Gasteiger partial charge in [0.2, 0.25) is 0 Å². The van der Waals surface area contributed by atoms with Crippen LogP contribution in [0.4, 0.5) is 22.0 Å². The first-order valence-electron chi connectivity index (χ1n) is 6.79. The Labute approximate surface area is 138 Å². The fraction of sp³-hybridized carbons (Fsp3) is 0.429. The van der Waals surface area contributed by atoms with Crippen molar-refractivity contribution in [3.05, 3.63) is 29.8 Å². The van der Waals surface area contributed by atoms with E-state index in [0.29, 0.717) is 5.75 Å². The molecule has 0 saturated carbocycles. The summed E-state index contributed by atoms with van der Waals surface area (Å²) in [4.78, 5) is 12.4. The molecule has 1 amide bonds. The van der Waals surface area contributed by atoms with E-state index in [4.69, 9.17) is 4.74 Å². The number of alkyl halides is 5. The number of methoxy groups -OCH3 is 1. The van der Waals surface area contributed by atoms with Crippen LogP contribution in [-0.2, 0) is 4.74 Å². The van der Waals surface area contributed by atoms with Crippen molar-refractivity contribution in [2.75, 3.05) is 7.11 Å². The molecule has 1 aliphatic heterocycles. The maximum atomic E-state index is 13.9. The van der Waals surface area contributed by atoms with Gasteiger partial charge in [0.15, 0.2) is 0 Å². The van der Waals surface area contributed by atoms with Crippen LogP contribution in [-0.4, -0.2) is 47.0 Å². The number of aliphatic hydroxyl groups is 1.